The molecule has 0 heterocycles. The van der Waals surface area contributed by atoms with Crippen molar-refractivity contribution in [1.82, 2.24) is 0 Å². The van der Waals surface area contributed by atoms with Gasteiger partial charge in [-0.1, -0.05) is 26.3 Å². The predicted molar refractivity (Wildman–Crippen MR) is 69.4 cm³/mol. The largest absolute Gasteiger partial charge is 0.419 e. The van der Waals surface area contributed by atoms with Gasteiger partial charge in [0.05, 0.1) is 5.56 Å². The minimum atomic E-state index is -4.67. The molecular weight excluding hydrogens is 270 g/mol. The second-order valence-corrected chi connectivity index (χ2v) is 6.02. The molecule has 5 heteroatoms. The molecule has 0 spiro atoms. The highest BCUT2D eigenvalue weighted by molar-refractivity contribution is 5.32. The quantitative estimate of drug-likeness (QED) is 0.759. The first-order valence-corrected chi connectivity index (χ1v) is 6.80. The van der Waals surface area contributed by atoms with Crippen molar-refractivity contribution >= 4 is 0 Å². The maximum Gasteiger partial charge on any atom is 0.419 e. The molecular formula is C15H19F4N. The first-order valence-electron chi connectivity index (χ1n) is 6.80. The van der Waals surface area contributed by atoms with Gasteiger partial charge in [0.25, 0.3) is 0 Å². The van der Waals surface area contributed by atoms with E-state index >= 15 is 0 Å². The van der Waals surface area contributed by atoms with Crippen molar-refractivity contribution < 1.29 is 17.6 Å². The van der Waals surface area contributed by atoms with Crippen molar-refractivity contribution in [1.29, 1.82) is 0 Å². The summed E-state index contributed by atoms with van der Waals surface area (Å²) in [6, 6.07) is 3.07. The third-order valence-electron chi connectivity index (χ3n) is 4.47. The number of halogens is 4. The van der Waals surface area contributed by atoms with Crippen LogP contribution in [0.3, 0.4) is 0 Å². The van der Waals surface area contributed by atoms with Crippen LogP contribution in [-0.2, 0) is 11.7 Å². The van der Waals surface area contributed by atoms with Crippen LogP contribution >= 0.6 is 0 Å². The molecule has 3 unspecified atom stereocenters. The van der Waals surface area contributed by atoms with Gasteiger partial charge in [-0.3, -0.25) is 0 Å². The van der Waals surface area contributed by atoms with Crippen LogP contribution in [0.5, 0.6) is 0 Å². The first kappa shape index (κ1) is 15.3. The van der Waals surface area contributed by atoms with Crippen LogP contribution in [-0.4, -0.2) is 0 Å². The maximum atomic E-state index is 13.7. The van der Waals surface area contributed by atoms with Gasteiger partial charge in [0, 0.05) is 5.54 Å². The fourth-order valence-corrected chi connectivity index (χ4v) is 3.11. The van der Waals surface area contributed by atoms with E-state index in [9.17, 15) is 17.6 Å². The summed E-state index contributed by atoms with van der Waals surface area (Å²) in [5, 5.41) is 0. The molecule has 112 valence electrons. The zero-order valence-corrected chi connectivity index (χ0v) is 11.6. The Labute approximate surface area is 116 Å². The predicted octanol–water partition coefficient (Wildman–Crippen LogP) is 4.45. The smallest absolute Gasteiger partial charge is 0.321 e. The van der Waals surface area contributed by atoms with E-state index in [0.29, 0.717) is 17.9 Å². The van der Waals surface area contributed by atoms with E-state index in [-0.39, 0.29) is 5.92 Å². The molecule has 1 aromatic rings. The average molecular weight is 289 g/mol. The molecule has 1 fully saturated rings. The van der Waals surface area contributed by atoms with Crippen molar-refractivity contribution in [2.45, 2.75) is 44.8 Å². The monoisotopic (exact) mass is 289 g/mol. The van der Waals surface area contributed by atoms with Crippen molar-refractivity contribution in [2.75, 3.05) is 0 Å². The molecule has 0 amide bonds. The van der Waals surface area contributed by atoms with Gasteiger partial charge in [0.15, 0.2) is 0 Å². The summed E-state index contributed by atoms with van der Waals surface area (Å²) in [5.41, 5.74) is 4.87. The number of hydrogen-bond donors (Lipinski definition) is 1. The van der Waals surface area contributed by atoms with Crippen molar-refractivity contribution in [3.05, 3.63) is 35.1 Å². The van der Waals surface area contributed by atoms with Crippen molar-refractivity contribution in [3.8, 4) is 0 Å². The van der Waals surface area contributed by atoms with Gasteiger partial charge >= 0.3 is 6.18 Å². The third-order valence-corrected chi connectivity index (χ3v) is 4.47. The number of rotatable bonds is 1. The lowest BCUT2D eigenvalue weighted by atomic mass is 9.67. The molecule has 1 aliphatic carbocycles. The second-order valence-electron chi connectivity index (χ2n) is 6.02. The normalized spacial score (nSPS) is 31.4. The highest BCUT2D eigenvalue weighted by Crippen LogP contribution is 2.43. The Bertz CT molecular complexity index is 497. The number of alkyl halides is 3. The Morgan fingerprint density at radius 2 is 1.85 bits per heavy atom. The topological polar surface area (TPSA) is 26.0 Å². The van der Waals surface area contributed by atoms with Gasteiger partial charge in [-0.05, 0) is 42.4 Å². The molecule has 2 N–H and O–H groups in total. The molecule has 0 aliphatic heterocycles. The zero-order chi connectivity index (χ0) is 15.1. The molecule has 0 aromatic heterocycles. The summed E-state index contributed by atoms with van der Waals surface area (Å²) >= 11 is 0. The molecule has 0 bridgehead atoms. The van der Waals surface area contributed by atoms with Crippen molar-refractivity contribution in [2.24, 2.45) is 17.6 Å². The van der Waals surface area contributed by atoms with Gasteiger partial charge in [-0.15, -0.1) is 0 Å². The summed E-state index contributed by atoms with van der Waals surface area (Å²) in [5.74, 6) is -0.735. The number of hydrogen-bond acceptors (Lipinski definition) is 1. The van der Waals surface area contributed by atoms with Gasteiger partial charge in [0.1, 0.15) is 5.82 Å². The highest BCUT2D eigenvalue weighted by atomic mass is 19.4. The van der Waals surface area contributed by atoms with Crippen LogP contribution in [0.1, 0.15) is 44.2 Å². The Morgan fingerprint density at radius 1 is 1.20 bits per heavy atom. The Balaban J connectivity index is 2.40. The summed E-state index contributed by atoms with van der Waals surface area (Å²) in [6.45, 7) is 4.04. The molecule has 1 nitrogen and oxygen atoms in total. The van der Waals surface area contributed by atoms with Gasteiger partial charge < -0.3 is 5.73 Å². The molecule has 3 atom stereocenters. The van der Waals surface area contributed by atoms with E-state index in [2.05, 4.69) is 6.92 Å². The molecule has 2 rings (SSSR count). The Kier molecular flexibility index (Phi) is 3.84. The molecule has 0 saturated heterocycles. The molecule has 1 aliphatic rings. The van der Waals surface area contributed by atoms with E-state index in [1.807, 2.05) is 6.92 Å². The van der Waals surface area contributed by atoms with Crippen LogP contribution in [0.25, 0.3) is 0 Å². The molecule has 1 aromatic carbocycles. The molecule has 20 heavy (non-hydrogen) atoms. The van der Waals surface area contributed by atoms with Crippen LogP contribution in [0, 0.1) is 17.7 Å². The minimum Gasteiger partial charge on any atom is -0.321 e. The Morgan fingerprint density at radius 3 is 2.40 bits per heavy atom. The van der Waals surface area contributed by atoms with E-state index in [1.165, 1.54) is 6.07 Å². The van der Waals surface area contributed by atoms with Crippen molar-refractivity contribution in [3.63, 3.8) is 0 Å². The summed E-state index contributed by atoms with van der Waals surface area (Å²) in [7, 11) is 0. The lowest BCUT2D eigenvalue weighted by Crippen LogP contribution is -2.47. The van der Waals surface area contributed by atoms with E-state index in [4.69, 9.17) is 5.73 Å². The van der Waals surface area contributed by atoms with E-state index in [1.54, 1.807) is 0 Å². The average Bonchev–Trinajstić information content (AvgIpc) is 2.32. The maximum absolute atomic E-state index is 13.7. The third kappa shape index (κ3) is 2.68. The van der Waals surface area contributed by atoms with Gasteiger partial charge in [0.2, 0.25) is 0 Å². The second kappa shape index (κ2) is 5.02. The fourth-order valence-electron chi connectivity index (χ4n) is 3.11. The SMILES string of the molecule is CC1CCC(C)C(N)(c2ccc(C(F)(F)F)c(F)c2)C1. The lowest BCUT2D eigenvalue weighted by Gasteiger charge is -2.43. The summed E-state index contributed by atoms with van der Waals surface area (Å²) in [6.07, 6.45) is -2.06. The van der Waals surface area contributed by atoms with Crippen LogP contribution in [0.2, 0.25) is 0 Å². The Hall–Kier alpha value is -1.10. The minimum absolute atomic E-state index is 0.120. The number of nitrogens with two attached hydrogens (primary N) is 1. The van der Waals surface area contributed by atoms with E-state index in [0.717, 1.165) is 25.0 Å². The molecule has 1 saturated carbocycles. The highest BCUT2D eigenvalue weighted by Gasteiger charge is 2.40. The van der Waals surface area contributed by atoms with E-state index < -0.39 is 23.1 Å². The summed E-state index contributed by atoms with van der Waals surface area (Å²) in [4.78, 5) is 0. The molecule has 0 radical (unpaired) electrons. The van der Waals surface area contributed by atoms with Gasteiger partial charge in [-0.2, -0.15) is 13.2 Å². The summed E-state index contributed by atoms with van der Waals surface area (Å²) < 4.78 is 51.5. The first-order chi connectivity index (χ1) is 9.14. The standard InChI is InChI=1S/C15H19F4N/c1-9-3-4-10(2)14(20,8-9)11-5-6-12(13(16)7-11)15(17,18)19/h5-7,9-10H,3-4,8,20H2,1-2H3. The van der Waals surface area contributed by atoms with Crippen LogP contribution < -0.4 is 5.73 Å². The van der Waals surface area contributed by atoms with Gasteiger partial charge in [-0.25, -0.2) is 4.39 Å². The lowest BCUT2D eigenvalue weighted by molar-refractivity contribution is -0.140. The number of benzene rings is 1. The van der Waals surface area contributed by atoms with Crippen LogP contribution in [0.15, 0.2) is 18.2 Å². The zero-order valence-electron chi connectivity index (χ0n) is 11.6. The van der Waals surface area contributed by atoms with Crippen LogP contribution in [0.4, 0.5) is 17.6 Å². The fraction of sp³-hybridized carbons (Fsp3) is 0.600.